The second kappa shape index (κ2) is 3.14. The SMILES string of the molecule is COC(=O)c1ccc2onc(C)c2c1. The monoisotopic (exact) mass is 191 g/mol. The first-order valence-electron chi connectivity index (χ1n) is 4.16. The smallest absolute Gasteiger partial charge is 0.337 e. The molecular weight excluding hydrogens is 182 g/mol. The van der Waals surface area contributed by atoms with Crippen LogP contribution in [-0.2, 0) is 4.74 Å². The van der Waals surface area contributed by atoms with Gasteiger partial charge in [-0.25, -0.2) is 4.79 Å². The minimum Gasteiger partial charge on any atom is -0.465 e. The molecule has 0 aliphatic heterocycles. The van der Waals surface area contributed by atoms with Crippen molar-refractivity contribution in [3.8, 4) is 0 Å². The van der Waals surface area contributed by atoms with Crippen LogP contribution < -0.4 is 0 Å². The summed E-state index contributed by atoms with van der Waals surface area (Å²) in [6, 6.07) is 5.08. The number of benzene rings is 1. The van der Waals surface area contributed by atoms with Crippen LogP contribution in [0.4, 0.5) is 0 Å². The lowest BCUT2D eigenvalue weighted by molar-refractivity contribution is 0.0601. The molecule has 1 aromatic carbocycles. The van der Waals surface area contributed by atoms with Crippen molar-refractivity contribution < 1.29 is 14.1 Å². The van der Waals surface area contributed by atoms with E-state index in [1.165, 1.54) is 7.11 Å². The van der Waals surface area contributed by atoms with E-state index < -0.39 is 0 Å². The van der Waals surface area contributed by atoms with Gasteiger partial charge in [0.25, 0.3) is 0 Å². The van der Waals surface area contributed by atoms with Crippen molar-refractivity contribution in [3.63, 3.8) is 0 Å². The van der Waals surface area contributed by atoms with E-state index in [9.17, 15) is 4.79 Å². The van der Waals surface area contributed by atoms with E-state index in [4.69, 9.17) is 4.52 Å². The fraction of sp³-hybridized carbons (Fsp3) is 0.200. The molecule has 0 unspecified atom stereocenters. The van der Waals surface area contributed by atoms with E-state index in [1.54, 1.807) is 18.2 Å². The summed E-state index contributed by atoms with van der Waals surface area (Å²) in [6.07, 6.45) is 0. The summed E-state index contributed by atoms with van der Waals surface area (Å²) in [5.41, 5.74) is 1.95. The summed E-state index contributed by atoms with van der Waals surface area (Å²) in [7, 11) is 1.35. The predicted octanol–water partition coefficient (Wildman–Crippen LogP) is 1.92. The van der Waals surface area contributed by atoms with E-state index in [2.05, 4.69) is 9.89 Å². The molecule has 0 saturated carbocycles. The van der Waals surface area contributed by atoms with Crippen LogP contribution in [0.25, 0.3) is 11.0 Å². The molecule has 1 heterocycles. The quantitative estimate of drug-likeness (QED) is 0.646. The molecule has 0 amide bonds. The van der Waals surface area contributed by atoms with Gasteiger partial charge in [0.2, 0.25) is 0 Å². The van der Waals surface area contributed by atoms with Gasteiger partial charge in [0.05, 0.1) is 18.4 Å². The van der Waals surface area contributed by atoms with Crippen molar-refractivity contribution in [1.82, 2.24) is 5.16 Å². The summed E-state index contributed by atoms with van der Waals surface area (Å²) in [4.78, 5) is 11.2. The summed E-state index contributed by atoms with van der Waals surface area (Å²) < 4.78 is 9.63. The number of aromatic nitrogens is 1. The minimum atomic E-state index is -0.354. The van der Waals surface area contributed by atoms with Crippen LogP contribution in [0, 0.1) is 6.92 Å². The zero-order valence-electron chi connectivity index (χ0n) is 7.90. The second-order valence-corrected chi connectivity index (χ2v) is 2.97. The number of aryl methyl sites for hydroxylation is 1. The normalized spacial score (nSPS) is 10.4. The molecule has 0 atom stereocenters. The van der Waals surface area contributed by atoms with Crippen molar-refractivity contribution in [3.05, 3.63) is 29.5 Å². The van der Waals surface area contributed by atoms with Crippen LogP contribution in [0.5, 0.6) is 0 Å². The Morgan fingerprint density at radius 2 is 2.29 bits per heavy atom. The Hall–Kier alpha value is -1.84. The molecule has 0 saturated heterocycles. The number of carbonyl (C=O) groups is 1. The Kier molecular flexibility index (Phi) is 1.96. The first-order chi connectivity index (χ1) is 6.72. The number of methoxy groups -OCH3 is 1. The lowest BCUT2D eigenvalue weighted by Crippen LogP contribution is -2.00. The molecule has 0 aliphatic carbocycles. The van der Waals surface area contributed by atoms with Gasteiger partial charge in [-0.1, -0.05) is 5.16 Å². The highest BCUT2D eigenvalue weighted by molar-refractivity contribution is 5.94. The number of ether oxygens (including phenoxy) is 1. The van der Waals surface area contributed by atoms with Gasteiger partial charge in [0.15, 0.2) is 5.58 Å². The number of nitrogens with zero attached hydrogens (tertiary/aromatic N) is 1. The highest BCUT2D eigenvalue weighted by atomic mass is 16.5. The fourth-order valence-electron chi connectivity index (χ4n) is 1.30. The molecule has 0 aliphatic rings. The summed E-state index contributed by atoms with van der Waals surface area (Å²) in [6.45, 7) is 1.83. The molecule has 2 aromatic rings. The number of hydrogen-bond acceptors (Lipinski definition) is 4. The van der Waals surface area contributed by atoms with Crippen LogP contribution in [-0.4, -0.2) is 18.2 Å². The molecule has 1 aromatic heterocycles. The Balaban J connectivity index is 2.60. The van der Waals surface area contributed by atoms with E-state index >= 15 is 0 Å². The van der Waals surface area contributed by atoms with Crippen LogP contribution in [0.2, 0.25) is 0 Å². The molecule has 0 bridgehead atoms. The van der Waals surface area contributed by atoms with Gasteiger partial charge >= 0.3 is 5.97 Å². The summed E-state index contributed by atoms with van der Waals surface area (Å²) in [5.74, 6) is -0.354. The third kappa shape index (κ3) is 1.25. The van der Waals surface area contributed by atoms with Crippen molar-refractivity contribution in [2.45, 2.75) is 6.92 Å². The predicted molar refractivity (Wildman–Crippen MR) is 50.1 cm³/mol. The maximum absolute atomic E-state index is 11.2. The van der Waals surface area contributed by atoms with Gasteiger partial charge in [-0.2, -0.15) is 0 Å². The highest BCUT2D eigenvalue weighted by Crippen LogP contribution is 2.19. The third-order valence-electron chi connectivity index (χ3n) is 2.07. The maximum Gasteiger partial charge on any atom is 0.337 e. The molecule has 14 heavy (non-hydrogen) atoms. The topological polar surface area (TPSA) is 52.3 Å². The molecule has 0 fully saturated rings. The van der Waals surface area contributed by atoms with E-state index in [0.717, 1.165) is 11.1 Å². The van der Waals surface area contributed by atoms with Crippen molar-refractivity contribution in [2.75, 3.05) is 7.11 Å². The van der Waals surface area contributed by atoms with Crippen LogP contribution >= 0.6 is 0 Å². The molecule has 2 rings (SSSR count). The lowest BCUT2D eigenvalue weighted by atomic mass is 10.1. The van der Waals surface area contributed by atoms with E-state index in [-0.39, 0.29) is 5.97 Å². The van der Waals surface area contributed by atoms with Crippen molar-refractivity contribution in [2.24, 2.45) is 0 Å². The summed E-state index contributed by atoms with van der Waals surface area (Å²) in [5, 5.41) is 4.64. The fourth-order valence-corrected chi connectivity index (χ4v) is 1.30. The lowest BCUT2D eigenvalue weighted by Gasteiger charge is -1.97. The Bertz CT molecular complexity index is 487. The maximum atomic E-state index is 11.2. The van der Waals surface area contributed by atoms with Gasteiger partial charge in [0, 0.05) is 5.39 Å². The van der Waals surface area contributed by atoms with Crippen LogP contribution in [0.1, 0.15) is 16.1 Å². The van der Waals surface area contributed by atoms with E-state index in [1.807, 2.05) is 6.92 Å². The molecule has 0 N–H and O–H groups in total. The molecule has 72 valence electrons. The van der Waals surface area contributed by atoms with Gasteiger partial charge in [-0.3, -0.25) is 0 Å². The Labute approximate surface area is 80.4 Å². The zero-order chi connectivity index (χ0) is 10.1. The van der Waals surface area contributed by atoms with E-state index in [0.29, 0.717) is 11.1 Å². The van der Waals surface area contributed by atoms with Crippen molar-refractivity contribution in [1.29, 1.82) is 0 Å². The van der Waals surface area contributed by atoms with Gasteiger partial charge < -0.3 is 9.26 Å². The molecule has 4 nitrogen and oxygen atoms in total. The Morgan fingerprint density at radius 1 is 1.50 bits per heavy atom. The number of carbonyl (C=O) groups excluding carboxylic acids is 1. The van der Waals surface area contributed by atoms with Crippen molar-refractivity contribution >= 4 is 16.9 Å². The minimum absolute atomic E-state index is 0.354. The highest BCUT2D eigenvalue weighted by Gasteiger charge is 2.09. The molecular formula is C10H9NO3. The van der Waals surface area contributed by atoms with Crippen LogP contribution in [0.3, 0.4) is 0 Å². The van der Waals surface area contributed by atoms with Crippen LogP contribution in [0.15, 0.2) is 22.7 Å². The Morgan fingerprint density at radius 3 is 3.00 bits per heavy atom. The zero-order valence-corrected chi connectivity index (χ0v) is 7.90. The second-order valence-electron chi connectivity index (χ2n) is 2.97. The first-order valence-corrected chi connectivity index (χ1v) is 4.16. The number of rotatable bonds is 1. The molecule has 0 spiro atoms. The number of esters is 1. The summed E-state index contributed by atoms with van der Waals surface area (Å²) >= 11 is 0. The standard InChI is InChI=1S/C10H9NO3/c1-6-8-5-7(10(12)13-2)3-4-9(8)14-11-6/h3-5H,1-2H3. The third-order valence-corrected chi connectivity index (χ3v) is 2.07. The first kappa shape index (κ1) is 8.74. The average molecular weight is 191 g/mol. The number of hydrogen-bond donors (Lipinski definition) is 0. The van der Waals surface area contributed by atoms with Gasteiger partial charge in [-0.05, 0) is 25.1 Å². The van der Waals surface area contributed by atoms with Gasteiger partial charge in [0.1, 0.15) is 0 Å². The average Bonchev–Trinajstić information content (AvgIpc) is 2.59. The molecule has 4 heteroatoms. The largest absolute Gasteiger partial charge is 0.465 e. The number of fused-ring (bicyclic) bond motifs is 1. The van der Waals surface area contributed by atoms with Gasteiger partial charge in [-0.15, -0.1) is 0 Å². The molecule has 0 radical (unpaired) electrons.